The minimum absolute atomic E-state index is 0.0586. The summed E-state index contributed by atoms with van der Waals surface area (Å²) in [5.74, 6) is 1.08. The Balaban J connectivity index is 1.87. The van der Waals surface area contributed by atoms with E-state index in [2.05, 4.69) is 39.0 Å². The summed E-state index contributed by atoms with van der Waals surface area (Å²) in [6.07, 6.45) is 4.63. The Morgan fingerprint density at radius 2 is 1.95 bits per heavy atom. The molecule has 1 aromatic rings. The van der Waals surface area contributed by atoms with E-state index in [0.717, 1.165) is 36.2 Å². The highest BCUT2D eigenvalue weighted by Crippen LogP contribution is 2.47. The van der Waals surface area contributed by atoms with E-state index in [1.54, 1.807) is 6.92 Å². The van der Waals surface area contributed by atoms with Crippen LogP contribution in [0.1, 0.15) is 77.7 Å². The maximum absolute atomic E-state index is 13.4. The number of halogens is 1. The molecule has 0 fully saturated rings. The Morgan fingerprint density at radius 3 is 2.61 bits per heavy atom. The van der Waals surface area contributed by atoms with Gasteiger partial charge in [0.2, 0.25) is 10.0 Å². The number of nitrogens with one attached hydrogen (secondary N) is 2. The number of carbonyl (C=O) groups excluding carboxylic acids is 1. The van der Waals surface area contributed by atoms with Crippen molar-refractivity contribution in [2.24, 2.45) is 5.92 Å². The third-order valence-corrected chi connectivity index (χ3v) is 8.91. The number of dihydropyridines is 1. The number of ether oxygens (including phenoxy) is 2. The zero-order chi connectivity index (χ0) is 27.9. The van der Waals surface area contributed by atoms with Crippen LogP contribution in [0.2, 0.25) is 0 Å². The van der Waals surface area contributed by atoms with Crippen molar-refractivity contribution in [2.75, 3.05) is 25.5 Å². The van der Waals surface area contributed by atoms with Gasteiger partial charge in [0.05, 0.1) is 41.0 Å². The van der Waals surface area contributed by atoms with E-state index in [-0.39, 0.29) is 11.5 Å². The van der Waals surface area contributed by atoms with Crippen LogP contribution in [0.4, 0.5) is 0 Å². The van der Waals surface area contributed by atoms with Crippen LogP contribution < -0.4 is 19.5 Å². The van der Waals surface area contributed by atoms with Gasteiger partial charge in [-0.1, -0.05) is 13.3 Å². The maximum atomic E-state index is 13.4. The average molecular weight is 609 g/mol. The molecule has 1 aliphatic heterocycles. The average Bonchev–Trinajstić information content (AvgIpc) is 2.86. The van der Waals surface area contributed by atoms with Gasteiger partial charge in [-0.15, -0.1) is 0 Å². The van der Waals surface area contributed by atoms with Crippen molar-refractivity contribution in [1.29, 1.82) is 5.26 Å². The molecular weight excluding hydrogens is 570 g/mol. The van der Waals surface area contributed by atoms with E-state index in [0.29, 0.717) is 72.1 Å². The monoisotopic (exact) mass is 607 g/mol. The Bertz CT molecular complexity index is 1250. The SMILES string of the molecule is CCCC1CC(=O)C2=C(C1)NC(C)=C(C#N)C2c1cc(Br)c(OCCCCNS(=O)(=O)CC)c(OCC)c1. The largest absolute Gasteiger partial charge is 0.490 e. The zero-order valence-electron chi connectivity index (χ0n) is 22.7. The maximum Gasteiger partial charge on any atom is 0.211 e. The quantitative estimate of drug-likeness (QED) is 0.286. The van der Waals surface area contributed by atoms with Gasteiger partial charge in [0.1, 0.15) is 0 Å². The Kier molecular flexibility index (Phi) is 10.8. The van der Waals surface area contributed by atoms with Gasteiger partial charge < -0.3 is 14.8 Å². The van der Waals surface area contributed by atoms with Crippen LogP contribution in [-0.4, -0.2) is 39.7 Å². The number of hydrogen-bond donors (Lipinski definition) is 2. The number of benzene rings is 1. The molecule has 38 heavy (non-hydrogen) atoms. The minimum Gasteiger partial charge on any atom is -0.490 e. The van der Waals surface area contributed by atoms with Gasteiger partial charge >= 0.3 is 0 Å². The standard InChI is InChI=1S/C28H38BrN3O5S/c1-5-10-19-13-23-27(24(33)14-19)26(21(17-30)18(4)32-23)20-15-22(29)28(25(16-20)36-6-2)37-12-9-8-11-31-38(34,35)7-3/h15-16,19,26,31-32H,5-14H2,1-4H3. The van der Waals surface area contributed by atoms with Gasteiger partial charge in [-0.05, 0) is 86.0 Å². The lowest BCUT2D eigenvalue weighted by Crippen LogP contribution is -2.34. The summed E-state index contributed by atoms with van der Waals surface area (Å²) in [7, 11) is -3.20. The second kappa shape index (κ2) is 13.6. The highest BCUT2D eigenvalue weighted by Gasteiger charge is 2.39. The molecule has 0 bridgehead atoms. The fraction of sp³-hybridized carbons (Fsp3) is 0.571. The van der Waals surface area contributed by atoms with Crippen LogP contribution in [0.5, 0.6) is 11.5 Å². The lowest BCUT2D eigenvalue weighted by Gasteiger charge is -2.35. The Hall–Kier alpha value is -2.35. The van der Waals surface area contributed by atoms with Crippen LogP contribution >= 0.6 is 15.9 Å². The predicted molar refractivity (Wildman–Crippen MR) is 151 cm³/mol. The molecule has 1 heterocycles. The number of nitriles is 1. The van der Waals surface area contributed by atoms with Gasteiger partial charge in [0, 0.05) is 29.9 Å². The number of carbonyl (C=O) groups is 1. The first-order valence-electron chi connectivity index (χ1n) is 13.4. The molecule has 0 spiro atoms. The zero-order valence-corrected chi connectivity index (χ0v) is 25.1. The molecule has 3 rings (SSSR count). The second-order valence-corrected chi connectivity index (χ2v) is 12.7. The van der Waals surface area contributed by atoms with E-state index in [9.17, 15) is 18.5 Å². The van der Waals surface area contributed by atoms with E-state index in [1.807, 2.05) is 26.0 Å². The van der Waals surface area contributed by atoms with Gasteiger partial charge in [-0.25, -0.2) is 13.1 Å². The number of allylic oxidation sites excluding steroid dienone is 4. The fourth-order valence-corrected chi connectivity index (χ4v) is 6.34. The third-order valence-electron chi connectivity index (χ3n) is 6.91. The first-order valence-corrected chi connectivity index (χ1v) is 15.8. The van der Waals surface area contributed by atoms with E-state index in [1.165, 1.54) is 0 Å². The summed E-state index contributed by atoms with van der Waals surface area (Å²) in [4.78, 5) is 13.4. The van der Waals surface area contributed by atoms with Gasteiger partial charge in [0.25, 0.3) is 0 Å². The normalized spacial score (nSPS) is 19.6. The molecule has 0 amide bonds. The molecular formula is C28H38BrN3O5S. The summed E-state index contributed by atoms with van der Waals surface area (Å²) in [6.45, 7) is 8.68. The molecule has 0 saturated heterocycles. The summed E-state index contributed by atoms with van der Waals surface area (Å²) >= 11 is 3.63. The van der Waals surface area contributed by atoms with Crippen molar-refractivity contribution in [1.82, 2.24) is 10.0 Å². The number of Topliss-reactive ketones (excluding diaryl/α,β-unsaturated/α-hetero) is 1. The number of sulfonamides is 1. The highest BCUT2D eigenvalue weighted by molar-refractivity contribution is 9.10. The number of rotatable bonds is 13. The van der Waals surface area contributed by atoms with Crippen molar-refractivity contribution >= 4 is 31.7 Å². The summed E-state index contributed by atoms with van der Waals surface area (Å²) < 4.78 is 38.4. The molecule has 2 atom stereocenters. The first kappa shape index (κ1) is 30.2. The molecule has 1 aliphatic carbocycles. The molecule has 0 aromatic heterocycles. The Labute approximate surface area is 235 Å². The molecule has 2 N–H and O–H groups in total. The first-order chi connectivity index (χ1) is 18.1. The van der Waals surface area contributed by atoms with Crippen LogP contribution in [-0.2, 0) is 14.8 Å². The number of ketones is 1. The van der Waals surface area contributed by atoms with Crippen molar-refractivity contribution in [2.45, 2.75) is 72.1 Å². The van der Waals surface area contributed by atoms with Crippen molar-refractivity contribution in [3.05, 3.63) is 44.7 Å². The van der Waals surface area contributed by atoms with Crippen molar-refractivity contribution < 1.29 is 22.7 Å². The summed E-state index contributed by atoms with van der Waals surface area (Å²) in [6, 6.07) is 6.12. The third kappa shape index (κ3) is 7.19. The lowest BCUT2D eigenvalue weighted by atomic mass is 9.72. The molecule has 2 unspecified atom stereocenters. The number of hydrogen-bond acceptors (Lipinski definition) is 7. The molecule has 208 valence electrons. The smallest absolute Gasteiger partial charge is 0.211 e. The van der Waals surface area contributed by atoms with E-state index in [4.69, 9.17) is 9.47 Å². The van der Waals surface area contributed by atoms with Crippen molar-refractivity contribution in [3.63, 3.8) is 0 Å². The number of unbranched alkanes of at least 4 members (excludes halogenated alkanes) is 1. The lowest BCUT2D eigenvalue weighted by molar-refractivity contribution is -0.117. The van der Waals surface area contributed by atoms with Gasteiger partial charge in [-0.3, -0.25) is 4.79 Å². The second-order valence-electron chi connectivity index (χ2n) is 9.70. The Morgan fingerprint density at radius 1 is 1.18 bits per heavy atom. The van der Waals surface area contributed by atoms with Crippen molar-refractivity contribution in [3.8, 4) is 17.6 Å². The predicted octanol–water partition coefficient (Wildman–Crippen LogP) is 5.46. The molecule has 8 nitrogen and oxygen atoms in total. The van der Waals surface area contributed by atoms with Crippen LogP contribution in [0.25, 0.3) is 0 Å². The molecule has 0 saturated carbocycles. The summed E-state index contributed by atoms with van der Waals surface area (Å²) in [5.41, 5.74) is 3.71. The van der Waals surface area contributed by atoms with Crippen LogP contribution in [0, 0.1) is 17.2 Å². The summed E-state index contributed by atoms with van der Waals surface area (Å²) in [5, 5.41) is 13.4. The topological polar surface area (TPSA) is 118 Å². The highest BCUT2D eigenvalue weighted by atomic mass is 79.9. The number of nitrogens with zero attached hydrogens (tertiary/aromatic N) is 1. The molecule has 0 radical (unpaired) electrons. The van der Waals surface area contributed by atoms with Gasteiger partial charge in [-0.2, -0.15) is 5.26 Å². The molecule has 10 heteroatoms. The van der Waals surface area contributed by atoms with E-state index < -0.39 is 15.9 Å². The minimum atomic E-state index is -3.20. The molecule has 1 aromatic carbocycles. The fourth-order valence-electron chi connectivity index (χ4n) is 5.10. The molecule has 2 aliphatic rings. The van der Waals surface area contributed by atoms with Crippen LogP contribution in [0.15, 0.2) is 39.1 Å². The van der Waals surface area contributed by atoms with Gasteiger partial charge in [0.15, 0.2) is 17.3 Å². The van der Waals surface area contributed by atoms with E-state index >= 15 is 0 Å². The van der Waals surface area contributed by atoms with Crippen LogP contribution in [0.3, 0.4) is 0 Å².